The fraction of sp³-hybridized carbons (Fsp3) is 0.588. The van der Waals surface area contributed by atoms with E-state index in [1.807, 2.05) is 17.8 Å². The SMILES string of the molecule is Cc1ncsc1CN1CCOCC1c1nccc(NCC2CC2)n1. The summed E-state index contributed by atoms with van der Waals surface area (Å²) < 4.78 is 5.71. The zero-order valence-corrected chi connectivity index (χ0v) is 14.8. The predicted octanol–water partition coefficient (Wildman–Crippen LogP) is 2.64. The maximum Gasteiger partial charge on any atom is 0.150 e. The van der Waals surface area contributed by atoms with Crippen molar-refractivity contribution in [1.29, 1.82) is 0 Å². The fourth-order valence-corrected chi connectivity index (χ4v) is 3.73. The zero-order chi connectivity index (χ0) is 16.4. The Kier molecular flexibility index (Phi) is 4.73. The van der Waals surface area contributed by atoms with Crippen molar-refractivity contribution in [2.45, 2.75) is 32.4 Å². The Bertz CT molecular complexity index is 687. The highest BCUT2D eigenvalue weighted by Gasteiger charge is 2.28. The molecule has 0 amide bonds. The number of anilines is 1. The van der Waals surface area contributed by atoms with Gasteiger partial charge in [-0.2, -0.15) is 0 Å². The molecule has 1 saturated heterocycles. The van der Waals surface area contributed by atoms with Crippen molar-refractivity contribution in [2.75, 3.05) is 31.6 Å². The van der Waals surface area contributed by atoms with Crippen LogP contribution in [0.3, 0.4) is 0 Å². The number of morpholine rings is 1. The van der Waals surface area contributed by atoms with Gasteiger partial charge in [-0.25, -0.2) is 15.0 Å². The molecule has 128 valence electrons. The van der Waals surface area contributed by atoms with Crippen LogP contribution in [-0.4, -0.2) is 46.2 Å². The lowest BCUT2D eigenvalue weighted by Crippen LogP contribution is -2.39. The number of aryl methyl sites for hydroxylation is 1. The Hall–Kier alpha value is -1.57. The number of rotatable bonds is 6. The molecule has 0 radical (unpaired) electrons. The van der Waals surface area contributed by atoms with Crippen molar-refractivity contribution in [3.63, 3.8) is 0 Å². The minimum absolute atomic E-state index is 0.0999. The van der Waals surface area contributed by atoms with Gasteiger partial charge >= 0.3 is 0 Å². The number of ether oxygens (including phenoxy) is 1. The van der Waals surface area contributed by atoms with Crippen molar-refractivity contribution in [2.24, 2.45) is 5.92 Å². The molecule has 24 heavy (non-hydrogen) atoms. The lowest BCUT2D eigenvalue weighted by atomic mass is 10.2. The molecule has 7 heteroatoms. The largest absolute Gasteiger partial charge is 0.378 e. The Balaban J connectivity index is 1.49. The first-order valence-corrected chi connectivity index (χ1v) is 9.45. The molecule has 1 aliphatic heterocycles. The molecule has 1 saturated carbocycles. The van der Waals surface area contributed by atoms with Crippen LogP contribution in [0.1, 0.15) is 35.3 Å². The molecular weight excluding hydrogens is 322 g/mol. The zero-order valence-electron chi connectivity index (χ0n) is 13.9. The van der Waals surface area contributed by atoms with Gasteiger partial charge in [-0.05, 0) is 31.7 Å². The van der Waals surface area contributed by atoms with Crippen LogP contribution in [0.5, 0.6) is 0 Å². The van der Waals surface area contributed by atoms with E-state index >= 15 is 0 Å². The van der Waals surface area contributed by atoms with Crippen molar-refractivity contribution in [1.82, 2.24) is 19.9 Å². The summed E-state index contributed by atoms with van der Waals surface area (Å²) in [6.07, 6.45) is 4.52. The van der Waals surface area contributed by atoms with Gasteiger partial charge in [-0.3, -0.25) is 4.90 Å². The second-order valence-corrected chi connectivity index (χ2v) is 7.49. The molecule has 6 nitrogen and oxygen atoms in total. The smallest absolute Gasteiger partial charge is 0.150 e. The minimum Gasteiger partial charge on any atom is -0.378 e. The Morgan fingerprint density at radius 3 is 3.08 bits per heavy atom. The molecule has 0 spiro atoms. The summed E-state index contributed by atoms with van der Waals surface area (Å²) in [6.45, 7) is 6.26. The fourth-order valence-electron chi connectivity index (χ4n) is 2.93. The van der Waals surface area contributed by atoms with Crippen LogP contribution in [0.25, 0.3) is 0 Å². The normalized spacial score (nSPS) is 21.8. The van der Waals surface area contributed by atoms with E-state index < -0.39 is 0 Å². The summed E-state index contributed by atoms with van der Waals surface area (Å²) >= 11 is 1.72. The third-order valence-corrected chi connectivity index (χ3v) is 5.59. The summed E-state index contributed by atoms with van der Waals surface area (Å²) in [5.74, 6) is 2.59. The lowest BCUT2D eigenvalue weighted by molar-refractivity contribution is -0.0155. The average Bonchev–Trinajstić information content (AvgIpc) is 3.36. The molecule has 1 N–H and O–H groups in total. The van der Waals surface area contributed by atoms with Crippen molar-refractivity contribution in [3.05, 3.63) is 34.2 Å². The van der Waals surface area contributed by atoms with Crippen molar-refractivity contribution < 1.29 is 4.74 Å². The van der Waals surface area contributed by atoms with Gasteiger partial charge < -0.3 is 10.1 Å². The quantitative estimate of drug-likeness (QED) is 0.868. The molecule has 2 aromatic heterocycles. The van der Waals surface area contributed by atoms with Crippen LogP contribution in [-0.2, 0) is 11.3 Å². The predicted molar refractivity (Wildman–Crippen MR) is 94.1 cm³/mol. The molecule has 0 aromatic carbocycles. The monoisotopic (exact) mass is 345 g/mol. The van der Waals surface area contributed by atoms with E-state index in [0.29, 0.717) is 6.61 Å². The van der Waals surface area contributed by atoms with Crippen LogP contribution in [0.2, 0.25) is 0 Å². The van der Waals surface area contributed by atoms with Gasteiger partial charge in [0.2, 0.25) is 0 Å². The Labute approximate surface area is 146 Å². The van der Waals surface area contributed by atoms with Gasteiger partial charge in [-0.15, -0.1) is 11.3 Å². The highest BCUT2D eigenvalue weighted by molar-refractivity contribution is 7.09. The van der Waals surface area contributed by atoms with Crippen molar-refractivity contribution >= 4 is 17.2 Å². The van der Waals surface area contributed by atoms with E-state index in [1.165, 1.54) is 17.7 Å². The highest BCUT2D eigenvalue weighted by Crippen LogP contribution is 2.29. The standard InChI is InChI=1S/C17H23N5OS/c1-12-15(24-11-20-12)9-22-6-7-23-10-14(22)17-18-5-4-16(21-17)19-8-13-2-3-13/h4-5,11,13-14H,2-3,6-10H2,1H3,(H,18,19,21). The molecule has 4 rings (SSSR count). The number of hydrogen-bond donors (Lipinski definition) is 1. The minimum atomic E-state index is 0.0999. The second kappa shape index (κ2) is 7.13. The molecule has 2 aromatic rings. The first-order chi connectivity index (χ1) is 11.8. The summed E-state index contributed by atoms with van der Waals surface area (Å²) in [6, 6.07) is 2.05. The number of thiazole rings is 1. The Morgan fingerprint density at radius 1 is 1.38 bits per heavy atom. The topological polar surface area (TPSA) is 63.2 Å². The summed E-state index contributed by atoms with van der Waals surface area (Å²) in [5.41, 5.74) is 3.03. The van der Waals surface area contributed by atoms with E-state index in [4.69, 9.17) is 9.72 Å². The second-order valence-electron chi connectivity index (χ2n) is 6.55. The summed E-state index contributed by atoms with van der Waals surface area (Å²) in [5, 5.41) is 3.44. The van der Waals surface area contributed by atoms with Crippen LogP contribution in [0.4, 0.5) is 5.82 Å². The molecule has 3 heterocycles. The van der Waals surface area contributed by atoms with E-state index in [9.17, 15) is 0 Å². The van der Waals surface area contributed by atoms with Gasteiger partial charge in [0, 0.05) is 30.7 Å². The van der Waals surface area contributed by atoms with E-state index in [1.54, 1.807) is 11.3 Å². The molecule has 1 atom stereocenters. The van der Waals surface area contributed by atoms with Crippen molar-refractivity contribution in [3.8, 4) is 0 Å². The molecule has 1 aliphatic carbocycles. The number of nitrogens with one attached hydrogen (secondary N) is 1. The lowest BCUT2D eigenvalue weighted by Gasteiger charge is -2.34. The van der Waals surface area contributed by atoms with Crippen LogP contribution < -0.4 is 5.32 Å². The van der Waals surface area contributed by atoms with Crippen LogP contribution >= 0.6 is 11.3 Å². The van der Waals surface area contributed by atoms with Crippen LogP contribution in [0, 0.1) is 12.8 Å². The molecule has 0 bridgehead atoms. The number of hydrogen-bond acceptors (Lipinski definition) is 7. The van der Waals surface area contributed by atoms with Gasteiger partial charge in [-0.1, -0.05) is 0 Å². The van der Waals surface area contributed by atoms with E-state index in [2.05, 4.69) is 27.1 Å². The first kappa shape index (κ1) is 15.9. The molecular formula is C17H23N5OS. The molecule has 2 aliphatic rings. The average molecular weight is 345 g/mol. The summed E-state index contributed by atoms with van der Waals surface area (Å²) in [7, 11) is 0. The van der Waals surface area contributed by atoms with Gasteiger partial charge in [0.25, 0.3) is 0 Å². The molecule has 2 fully saturated rings. The third-order valence-electron chi connectivity index (χ3n) is 4.67. The highest BCUT2D eigenvalue weighted by atomic mass is 32.1. The maximum absolute atomic E-state index is 5.71. The number of aromatic nitrogens is 3. The summed E-state index contributed by atoms with van der Waals surface area (Å²) in [4.78, 5) is 17.3. The van der Waals surface area contributed by atoms with E-state index in [-0.39, 0.29) is 6.04 Å². The van der Waals surface area contributed by atoms with Gasteiger partial charge in [0.15, 0.2) is 0 Å². The van der Waals surface area contributed by atoms with Gasteiger partial charge in [0.1, 0.15) is 11.6 Å². The van der Waals surface area contributed by atoms with Gasteiger partial charge in [0.05, 0.1) is 30.5 Å². The first-order valence-electron chi connectivity index (χ1n) is 8.57. The van der Waals surface area contributed by atoms with E-state index in [0.717, 1.165) is 49.5 Å². The molecule has 1 unspecified atom stereocenters. The Morgan fingerprint density at radius 2 is 2.29 bits per heavy atom. The van der Waals surface area contributed by atoms with Crippen LogP contribution in [0.15, 0.2) is 17.8 Å². The maximum atomic E-state index is 5.71. The third kappa shape index (κ3) is 3.74. The number of nitrogens with zero attached hydrogens (tertiary/aromatic N) is 4.